The van der Waals surface area contributed by atoms with E-state index in [2.05, 4.69) is 19.1 Å². The van der Waals surface area contributed by atoms with E-state index < -0.39 is 0 Å². The van der Waals surface area contributed by atoms with Gasteiger partial charge in [-0.2, -0.15) is 0 Å². The Morgan fingerprint density at radius 3 is 2.37 bits per heavy atom. The average Bonchev–Trinajstić information content (AvgIpc) is 2.39. The molecule has 1 unspecified atom stereocenters. The quantitative estimate of drug-likeness (QED) is 0.454. The van der Waals surface area contributed by atoms with Gasteiger partial charge in [-0.1, -0.05) is 57.6 Å². The Bertz CT molecular complexity index is 258. The van der Waals surface area contributed by atoms with Gasteiger partial charge in [0, 0.05) is 6.42 Å². The molecule has 0 N–H and O–H groups in total. The Balaban J connectivity index is 2.27. The molecule has 0 bridgehead atoms. The summed E-state index contributed by atoms with van der Waals surface area (Å²) < 4.78 is 5.27. The number of rotatable bonds is 0. The Labute approximate surface area is 118 Å². The van der Waals surface area contributed by atoms with Crippen LogP contribution in [0.4, 0.5) is 0 Å². The fraction of sp³-hybridized carbons (Fsp3) is 0.824. The van der Waals surface area contributed by atoms with Crippen LogP contribution in [0.3, 0.4) is 0 Å². The van der Waals surface area contributed by atoms with Crippen LogP contribution in [0.2, 0.25) is 0 Å². The molecule has 0 spiro atoms. The number of ether oxygens (including phenoxy) is 1. The summed E-state index contributed by atoms with van der Waals surface area (Å²) in [7, 11) is 0. The maximum atomic E-state index is 11.5. The first-order valence-corrected chi connectivity index (χ1v) is 8.11. The van der Waals surface area contributed by atoms with Gasteiger partial charge in [0.2, 0.25) is 0 Å². The zero-order chi connectivity index (χ0) is 13.8. The van der Waals surface area contributed by atoms with Crippen molar-refractivity contribution in [2.24, 2.45) is 5.92 Å². The summed E-state index contributed by atoms with van der Waals surface area (Å²) in [4.78, 5) is 11.5. The van der Waals surface area contributed by atoms with Gasteiger partial charge < -0.3 is 4.74 Å². The lowest BCUT2D eigenvalue weighted by molar-refractivity contribution is -0.144. The minimum absolute atomic E-state index is 0.0134. The van der Waals surface area contributed by atoms with E-state index in [0.29, 0.717) is 18.9 Å². The van der Waals surface area contributed by atoms with Gasteiger partial charge in [-0.05, 0) is 31.6 Å². The third kappa shape index (κ3) is 9.75. The summed E-state index contributed by atoms with van der Waals surface area (Å²) in [5, 5.41) is 0. The van der Waals surface area contributed by atoms with Crippen LogP contribution in [0.5, 0.6) is 0 Å². The second-order valence-electron chi connectivity index (χ2n) is 5.78. The highest BCUT2D eigenvalue weighted by Gasteiger charge is 2.04. The molecule has 2 heteroatoms. The van der Waals surface area contributed by atoms with Crippen molar-refractivity contribution in [3.05, 3.63) is 12.2 Å². The number of carbonyl (C=O) groups is 1. The minimum Gasteiger partial charge on any atom is -0.466 e. The first-order valence-electron chi connectivity index (χ1n) is 8.11. The zero-order valence-corrected chi connectivity index (χ0v) is 12.5. The van der Waals surface area contributed by atoms with Crippen molar-refractivity contribution in [2.75, 3.05) is 6.61 Å². The first kappa shape index (κ1) is 16.3. The van der Waals surface area contributed by atoms with Crippen LogP contribution in [0.25, 0.3) is 0 Å². The predicted molar refractivity (Wildman–Crippen MR) is 80.1 cm³/mol. The molecule has 110 valence electrons. The van der Waals surface area contributed by atoms with E-state index >= 15 is 0 Å². The lowest BCUT2D eigenvalue weighted by Gasteiger charge is -2.07. The molecule has 0 fully saturated rings. The average molecular weight is 266 g/mol. The van der Waals surface area contributed by atoms with Crippen LogP contribution >= 0.6 is 0 Å². The van der Waals surface area contributed by atoms with E-state index in [1.807, 2.05) is 0 Å². The van der Waals surface area contributed by atoms with Crippen molar-refractivity contribution in [2.45, 2.75) is 77.6 Å². The van der Waals surface area contributed by atoms with E-state index in [0.717, 1.165) is 12.8 Å². The largest absolute Gasteiger partial charge is 0.466 e. The van der Waals surface area contributed by atoms with Gasteiger partial charge in [-0.25, -0.2) is 0 Å². The third-order valence-electron chi connectivity index (χ3n) is 3.80. The molecule has 0 aromatic heterocycles. The number of cyclic esters (lactones) is 1. The van der Waals surface area contributed by atoms with Gasteiger partial charge >= 0.3 is 5.97 Å². The van der Waals surface area contributed by atoms with Crippen LogP contribution < -0.4 is 0 Å². The van der Waals surface area contributed by atoms with Crippen LogP contribution in [-0.4, -0.2) is 12.6 Å². The lowest BCUT2D eigenvalue weighted by Crippen LogP contribution is -2.07. The molecule has 2 nitrogen and oxygen atoms in total. The summed E-state index contributed by atoms with van der Waals surface area (Å²) in [6.07, 6.45) is 17.5. The van der Waals surface area contributed by atoms with Crippen molar-refractivity contribution in [1.82, 2.24) is 0 Å². The van der Waals surface area contributed by atoms with Crippen molar-refractivity contribution in [1.29, 1.82) is 0 Å². The second kappa shape index (κ2) is 11.1. The van der Waals surface area contributed by atoms with Crippen LogP contribution in [0.1, 0.15) is 77.6 Å². The van der Waals surface area contributed by atoms with E-state index in [-0.39, 0.29) is 5.97 Å². The second-order valence-corrected chi connectivity index (χ2v) is 5.78. The van der Waals surface area contributed by atoms with Crippen LogP contribution in [0, 0.1) is 5.92 Å². The normalized spacial score (nSPS) is 25.5. The minimum atomic E-state index is -0.0134. The maximum Gasteiger partial charge on any atom is 0.305 e. The molecular formula is C17H30O2. The molecular weight excluding hydrogens is 236 g/mol. The Kier molecular flexibility index (Phi) is 9.48. The fourth-order valence-corrected chi connectivity index (χ4v) is 2.45. The molecule has 19 heavy (non-hydrogen) atoms. The monoisotopic (exact) mass is 266 g/mol. The van der Waals surface area contributed by atoms with Crippen LogP contribution in [-0.2, 0) is 9.53 Å². The van der Waals surface area contributed by atoms with Gasteiger partial charge in [0.25, 0.3) is 0 Å². The number of carbonyl (C=O) groups excluding carboxylic acids is 1. The standard InChI is InChI=1S/C17H30O2/c1-16-12-10-8-6-4-2-3-5-7-9-11-13-17(18)19-15-14-16/h10,12,16H,2-9,11,13-15H2,1H3. The molecule has 1 heterocycles. The molecule has 1 atom stereocenters. The molecule has 1 aliphatic rings. The highest BCUT2D eigenvalue weighted by molar-refractivity contribution is 5.69. The van der Waals surface area contributed by atoms with Gasteiger partial charge in [0.15, 0.2) is 0 Å². The maximum absolute atomic E-state index is 11.5. The lowest BCUT2D eigenvalue weighted by atomic mass is 10.1. The zero-order valence-electron chi connectivity index (χ0n) is 12.5. The van der Waals surface area contributed by atoms with Gasteiger partial charge in [0.1, 0.15) is 0 Å². The molecule has 0 aromatic carbocycles. The number of esters is 1. The Hall–Kier alpha value is -0.790. The molecule has 0 saturated carbocycles. The van der Waals surface area contributed by atoms with Crippen molar-refractivity contribution in [3.8, 4) is 0 Å². The third-order valence-corrected chi connectivity index (χ3v) is 3.80. The molecule has 0 radical (unpaired) electrons. The molecule has 1 aliphatic heterocycles. The first-order chi connectivity index (χ1) is 9.29. The Morgan fingerprint density at radius 1 is 1.00 bits per heavy atom. The SMILES string of the molecule is CC1C=CCCCCCCCCCCC(=O)OCC1. The van der Waals surface area contributed by atoms with Crippen molar-refractivity contribution >= 4 is 5.97 Å². The number of hydrogen-bond acceptors (Lipinski definition) is 2. The van der Waals surface area contributed by atoms with E-state index in [9.17, 15) is 4.79 Å². The van der Waals surface area contributed by atoms with Crippen molar-refractivity contribution < 1.29 is 9.53 Å². The molecule has 0 aliphatic carbocycles. The van der Waals surface area contributed by atoms with Crippen molar-refractivity contribution in [3.63, 3.8) is 0 Å². The van der Waals surface area contributed by atoms with Gasteiger partial charge in [-0.15, -0.1) is 0 Å². The summed E-state index contributed by atoms with van der Waals surface area (Å²) in [6, 6.07) is 0. The highest BCUT2D eigenvalue weighted by Crippen LogP contribution is 2.13. The summed E-state index contributed by atoms with van der Waals surface area (Å²) in [5.74, 6) is 0.504. The molecule has 0 amide bonds. The fourth-order valence-electron chi connectivity index (χ4n) is 2.45. The molecule has 0 saturated heterocycles. The highest BCUT2D eigenvalue weighted by atomic mass is 16.5. The van der Waals surface area contributed by atoms with E-state index in [4.69, 9.17) is 4.74 Å². The summed E-state index contributed by atoms with van der Waals surface area (Å²) in [5.41, 5.74) is 0. The topological polar surface area (TPSA) is 26.3 Å². The van der Waals surface area contributed by atoms with E-state index in [1.165, 1.54) is 51.4 Å². The van der Waals surface area contributed by atoms with Crippen LogP contribution in [0.15, 0.2) is 12.2 Å². The van der Waals surface area contributed by atoms with Gasteiger partial charge in [0.05, 0.1) is 6.61 Å². The smallest absolute Gasteiger partial charge is 0.305 e. The molecule has 0 aromatic rings. The Morgan fingerprint density at radius 2 is 1.63 bits per heavy atom. The molecule has 1 rings (SSSR count). The number of hydrogen-bond donors (Lipinski definition) is 0. The summed E-state index contributed by atoms with van der Waals surface area (Å²) >= 11 is 0. The number of allylic oxidation sites excluding steroid dienone is 2. The van der Waals surface area contributed by atoms with E-state index in [1.54, 1.807) is 0 Å². The predicted octanol–water partition coefficient (Wildman–Crippen LogP) is 5.03. The van der Waals surface area contributed by atoms with Gasteiger partial charge in [-0.3, -0.25) is 4.79 Å². The summed E-state index contributed by atoms with van der Waals surface area (Å²) in [6.45, 7) is 2.77.